The number of nitrogens with one attached hydrogen (secondary N) is 1. The van der Waals surface area contributed by atoms with Crippen molar-refractivity contribution >= 4 is 21.6 Å². The highest BCUT2D eigenvalue weighted by molar-refractivity contribution is 8.76. The summed E-state index contributed by atoms with van der Waals surface area (Å²) >= 11 is 0. The molecule has 0 saturated heterocycles. The van der Waals surface area contributed by atoms with Crippen molar-refractivity contribution in [2.24, 2.45) is 0 Å². The Kier molecular flexibility index (Phi) is 9.78. The molecule has 0 heterocycles. The van der Waals surface area contributed by atoms with Gasteiger partial charge in [-0.25, -0.2) is 0 Å². The lowest BCUT2D eigenvalue weighted by atomic mass is 10.4. The fourth-order valence-corrected chi connectivity index (χ4v) is 1.67. The van der Waals surface area contributed by atoms with Crippen LogP contribution in [0.2, 0.25) is 0 Å². The van der Waals surface area contributed by atoms with Crippen molar-refractivity contribution < 1.29 is 0 Å². The van der Waals surface area contributed by atoms with Gasteiger partial charge in [0.1, 0.15) is 0 Å². The molecule has 0 bridgehead atoms. The Morgan fingerprint density at radius 3 is 2.90 bits per heavy atom. The average molecular weight is 177 g/mol. The summed E-state index contributed by atoms with van der Waals surface area (Å²) in [6, 6.07) is 0. The number of hydrogen-bond donors (Lipinski definition) is 1. The van der Waals surface area contributed by atoms with Gasteiger partial charge in [-0.1, -0.05) is 27.7 Å². The molecule has 1 nitrogen and oxygen atoms in total. The zero-order valence-electron chi connectivity index (χ0n) is 6.43. The highest BCUT2D eigenvalue weighted by Gasteiger charge is 1.84. The Balaban J connectivity index is 2.70. The Hall–Kier alpha value is 0.400. The first kappa shape index (κ1) is 10.4. The van der Waals surface area contributed by atoms with Gasteiger partial charge in [0, 0.05) is 12.3 Å². The highest BCUT2D eigenvalue weighted by atomic mass is 33.1. The lowest BCUT2D eigenvalue weighted by Gasteiger charge is -1.99. The molecule has 0 rings (SSSR count). The van der Waals surface area contributed by atoms with E-state index in [1.165, 1.54) is 5.75 Å². The first-order chi connectivity index (χ1) is 4.91. The molecule has 0 amide bonds. The molecule has 0 aromatic rings. The van der Waals surface area contributed by atoms with Gasteiger partial charge in [0.05, 0.1) is 0 Å². The van der Waals surface area contributed by atoms with Gasteiger partial charge in [0.15, 0.2) is 0 Å². The van der Waals surface area contributed by atoms with Gasteiger partial charge in [0.2, 0.25) is 0 Å². The largest absolute Gasteiger partial charge is 0.316 e. The minimum absolute atomic E-state index is 1.07. The van der Waals surface area contributed by atoms with Crippen molar-refractivity contribution in [1.82, 2.24) is 5.32 Å². The van der Waals surface area contributed by atoms with Gasteiger partial charge >= 0.3 is 0 Å². The van der Waals surface area contributed by atoms with Gasteiger partial charge in [-0.3, -0.25) is 0 Å². The van der Waals surface area contributed by atoms with E-state index >= 15 is 0 Å². The first-order valence-electron chi connectivity index (χ1n) is 3.39. The van der Waals surface area contributed by atoms with Crippen LogP contribution < -0.4 is 5.32 Å². The van der Waals surface area contributed by atoms with E-state index in [-0.39, 0.29) is 0 Å². The maximum Gasteiger partial charge on any atom is 0.0162 e. The molecule has 0 aromatic carbocycles. The van der Waals surface area contributed by atoms with E-state index in [0.717, 1.165) is 19.5 Å². The van der Waals surface area contributed by atoms with Crippen LogP contribution in [-0.2, 0) is 0 Å². The Bertz CT molecular complexity index is 76.0. The van der Waals surface area contributed by atoms with Crippen LogP contribution >= 0.6 is 21.6 Å². The predicted octanol–water partition coefficient (Wildman–Crippen LogP) is 2.16. The molecule has 1 N–H and O–H groups in total. The summed E-state index contributed by atoms with van der Waals surface area (Å²) in [5, 5.41) is 3.32. The minimum Gasteiger partial charge on any atom is -0.316 e. The standard InChI is InChI=1S/C7H15NS2/c1-3-4-5-8-6-7-10-9-2/h3,8H,1,4-7H2,2H3. The van der Waals surface area contributed by atoms with E-state index in [2.05, 4.69) is 18.2 Å². The molecule has 0 saturated carbocycles. The van der Waals surface area contributed by atoms with Crippen LogP contribution in [0.3, 0.4) is 0 Å². The molecule has 0 fully saturated rings. The van der Waals surface area contributed by atoms with Crippen LogP contribution in [0.4, 0.5) is 0 Å². The Labute approximate surface area is 71.4 Å². The lowest BCUT2D eigenvalue weighted by Crippen LogP contribution is -2.17. The zero-order chi connectivity index (χ0) is 7.66. The molecule has 0 atom stereocenters. The molecule has 60 valence electrons. The molecule has 0 spiro atoms. The van der Waals surface area contributed by atoms with Crippen molar-refractivity contribution in [2.75, 3.05) is 25.1 Å². The Morgan fingerprint density at radius 2 is 2.30 bits per heavy atom. The van der Waals surface area contributed by atoms with E-state index in [4.69, 9.17) is 0 Å². The first-order valence-corrected chi connectivity index (χ1v) is 6.11. The van der Waals surface area contributed by atoms with Crippen LogP contribution in [0.15, 0.2) is 12.7 Å². The summed E-state index contributed by atoms with van der Waals surface area (Å²) in [4.78, 5) is 0. The van der Waals surface area contributed by atoms with Crippen molar-refractivity contribution in [3.63, 3.8) is 0 Å². The third kappa shape index (κ3) is 8.40. The minimum atomic E-state index is 1.07. The van der Waals surface area contributed by atoms with Crippen LogP contribution in [0.25, 0.3) is 0 Å². The molecular weight excluding hydrogens is 162 g/mol. The second-order valence-electron chi connectivity index (χ2n) is 1.82. The van der Waals surface area contributed by atoms with Crippen LogP contribution in [0, 0.1) is 0 Å². The van der Waals surface area contributed by atoms with E-state index < -0.39 is 0 Å². The summed E-state index contributed by atoms with van der Waals surface area (Å²) in [5.74, 6) is 1.19. The summed E-state index contributed by atoms with van der Waals surface area (Å²) < 4.78 is 0. The maximum absolute atomic E-state index is 3.65. The quantitative estimate of drug-likeness (QED) is 0.363. The van der Waals surface area contributed by atoms with E-state index in [0.29, 0.717) is 0 Å². The van der Waals surface area contributed by atoms with Crippen LogP contribution in [-0.4, -0.2) is 25.1 Å². The van der Waals surface area contributed by atoms with Crippen molar-refractivity contribution in [3.05, 3.63) is 12.7 Å². The third-order valence-corrected chi connectivity index (χ3v) is 2.82. The molecule has 0 aliphatic rings. The summed E-state index contributed by atoms with van der Waals surface area (Å²) in [6.45, 7) is 5.82. The fraction of sp³-hybridized carbons (Fsp3) is 0.714. The normalized spacial score (nSPS) is 9.70. The van der Waals surface area contributed by atoms with Crippen molar-refractivity contribution in [2.45, 2.75) is 6.42 Å². The monoisotopic (exact) mass is 177 g/mol. The molecule has 0 aromatic heterocycles. The third-order valence-electron chi connectivity index (χ3n) is 1.01. The topological polar surface area (TPSA) is 12.0 Å². The van der Waals surface area contributed by atoms with E-state index in [1.807, 2.05) is 27.7 Å². The fourth-order valence-electron chi connectivity index (χ4n) is 0.526. The lowest BCUT2D eigenvalue weighted by molar-refractivity contribution is 0.732. The van der Waals surface area contributed by atoms with E-state index in [1.54, 1.807) is 0 Å². The SMILES string of the molecule is C=CCCNCCSSC. The average Bonchev–Trinajstić information content (AvgIpc) is 1.97. The smallest absolute Gasteiger partial charge is 0.0162 e. The van der Waals surface area contributed by atoms with E-state index in [9.17, 15) is 0 Å². The summed E-state index contributed by atoms with van der Waals surface area (Å²) in [5.41, 5.74) is 0. The number of hydrogen-bond acceptors (Lipinski definition) is 3. The maximum atomic E-state index is 3.65. The summed E-state index contributed by atoms with van der Waals surface area (Å²) in [6.07, 6.45) is 5.12. The molecule has 0 unspecified atom stereocenters. The summed E-state index contributed by atoms with van der Waals surface area (Å²) in [7, 11) is 3.72. The second-order valence-corrected chi connectivity index (χ2v) is 4.50. The molecule has 10 heavy (non-hydrogen) atoms. The Morgan fingerprint density at radius 1 is 1.50 bits per heavy atom. The number of rotatable bonds is 7. The van der Waals surface area contributed by atoms with Gasteiger partial charge in [-0.05, 0) is 19.2 Å². The molecule has 0 aliphatic carbocycles. The second kappa shape index (κ2) is 9.40. The molecular formula is C7H15NS2. The predicted molar refractivity (Wildman–Crippen MR) is 53.7 cm³/mol. The highest BCUT2D eigenvalue weighted by Crippen LogP contribution is 2.14. The molecule has 0 aliphatic heterocycles. The molecule has 3 heteroatoms. The molecule has 0 radical (unpaired) electrons. The van der Waals surface area contributed by atoms with Crippen molar-refractivity contribution in [1.29, 1.82) is 0 Å². The van der Waals surface area contributed by atoms with Gasteiger partial charge in [-0.2, -0.15) is 0 Å². The zero-order valence-corrected chi connectivity index (χ0v) is 8.06. The van der Waals surface area contributed by atoms with Crippen LogP contribution in [0.1, 0.15) is 6.42 Å². The van der Waals surface area contributed by atoms with Crippen LogP contribution in [0.5, 0.6) is 0 Å². The van der Waals surface area contributed by atoms with Gasteiger partial charge in [0.25, 0.3) is 0 Å². The van der Waals surface area contributed by atoms with Gasteiger partial charge in [-0.15, -0.1) is 6.58 Å². The van der Waals surface area contributed by atoms with Gasteiger partial charge < -0.3 is 5.32 Å². The van der Waals surface area contributed by atoms with Crippen molar-refractivity contribution in [3.8, 4) is 0 Å².